The van der Waals surface area contributed by atoms with Crippen molar-refractivity contribution in [2.45, 2.75) is 32.4 Å². The van der Waals surface area contributed by atoms with Crippen molar-refractivity contribution in [3.63, 3.8) is 0 Å². The van der Waals surface area contributed by atoms with Gasteiger partial charge in [0.2, 0.25) is 0 Å². The van der Waals surface area contributed by atoms with Crippen LogP contribution in [0, 0.1) is 0 Å². The lowest BCUT2D eigenvalue weighted by atomic mass is 10.2. The zero-order chi connectivity index (χ0) is 11.3. The maximum Gasteiger partial charge on any atom is 0.134 e. The maximum absolute atomic E-state index is 5.42. The van der Waals surface area contributed by atoms with Gasteiger partial charge in [0.25, 0.3) is 0 Å². The molecule has 1 N–H and O–H groups in total. The van der Waals surface area contributed by atoms with Crippen LogP contribution in [0.4, 0.5) is 0 Å². The lowest BCUT2D eigenvalue weighted by Gasteiger charge is -2.18. The molecule has 2 atom stereocenters. The van der Waals surface area contributed by atoms with Crippen LogP contribution in [-0.4, -0.2) is 18.1 Å². The van der Waals surface area contributed by atoms with Crippen LogP contribution in [-0.2, 0) is 0 Å². The van der Waals surface area contributed by atoms with Gasteiger partial charge in [0.15, 0.2) is 0 Å². The zero-order valence-corrected chi connectivity index (χ0v) is 11.8. The molecule has 0 aliphatic heterocycles. The largest absolute Gasteiger partial charge is 0.466 e. The van der Waals surface area contributed by atoms with E-state index in [1.165, 1.54) is 12.2 Å². The molecule has 86 valence electrons. The molecule has 0 spiro atoms. The Kier molecular flexibility index (Phi) is 5.79. The van der Waals surface area contributed by atoms with E-state index < -0.39 is 0 Å². The molecule has 0 fully saturated rings. The molecule has 0 aromatic carbocycles. The first-order valence-electron chi connectivity index (χ1n) is 5.13. The third-order valence-corrected chi connectivity index (χ3v) is 3.63. The summed E-state index contributed by atoms with van der Waals surface area (Å²) in [5.74, 6) is 2.17. The Labute approximate surface area is 104 Å². The normalized spacial score (nSPS) is 15.2. The fourth-order valence-corrected chi connectivity index (χ4v) is 2.63. The fourth-order valence-electron chi connectivity index (χ4n) is 1.49. The average molecular weight is 292 g/mol. The molecule has 0 aliphatic rings. The summed E-state index contributed by atoms with van der Waals surface area (Å²) in [5, 5.41) is 3.52. The SMILES string of the molecule is CSCCC(C)NC(C)c1occc1Br. The Morgan fingerprint density at radius 2 is 2.27 bits per heavy atom. The third kappa shape index (κ3) is 4.21. The topological polar surface area (TPSA) is 25.2 Å². The monoisotopic (exact) mass is 291 g/mol. The number of halogens is 1. The lowest BCUT2D eigenvalue weighted by Crippen LogP contribution is -2.29. The van der Waals surface area contributed by atoms with E-state index in [9.17, 15) is 0 Å². The van der Waals surface area contributed by atoms with Crippen LogP contribution in [0.5, 0.6) is 0 Å². The number of thioether (sulfide) groups is 1. The van der Waals surface area contributed by atoms with E-state index in [2.05, 4.69) is 41.3 Å². The molecular formula is C11H18BrNOS. The molecule has 0 bridgehead atoms. The highest BCUT2D eigenvalue weighted by Crippen LogP contribution is 2.24. The Hall–Kier alpha value is 0.0700. The quantitative estimate of drug-likeness (QED) is 0.862. The van der Waals surface area contributed by atoms with Gasteiger partial charge in [0.1, 0.15) is 5.76 Å². The summed E-state index contributed by atoms with van der Waals surface area (Å²) in [4.78, 5) is 0. The molecule has 0 radical (unpaired) electrons. The molecule has 2 unspecified atom stereocenters. The standard InChI is InChI=1S/C11H18BrNOS/c1-8(5-7-15-3)13-9(2)11-10(12)4-6-14-11/h4,6,8-9,13H,5,7H2,1-3H3. The Morgan fingerprint density at radius 3 is 2.80 bits per heavy atom. The van der Waals surface area contributed by atoms with Crippen molar-refractivity contribution in [3.8, 4) is 0 Å². The number of nitrogens with one attached hydrogen (secondary N) is 1. The van der Waals surface area contributed by atoms with Crippen molar-refractivity contribution in [2.75, 3.05) is 12.0 Å². The molecular weight excluding hydrogens is 274 g/mol. The minimum Gasteiger partial charge on any atom is -0.466 e. The van der Waals surface area contributed by atoms with Crippen molar-refractivity contribution < 1.29 is 4.42 Å². The molecule has 1 rings (SSSR count). The summed E-state index contributed by atoms with van der Waals surface area (Å²) < 4.78 is 6.46. The minimum absolute atomic E-state index is 0.256. The predicted molar refractivity (Wildman–Crippen MR) is 70.4 cm³/mol. The zero-order valence-electron chi connectivity index (χ0n) is 9.42. The molecule has 0 saturated carbocycles. The van der Waals surface area contributed by atoms with Gasteiger partial charge in [-0.2, -0.15) is 11.8 Å². The summed E-state index contributed by atoms with van der Waals surface area (Å²) >= 11 is 5.36. The van der Waals surface area contributed by atoms with Gasteiger partial charge >= 0.3 is 0 Å². The van der Waals surface area contributed by atoms with Crippen molar-refractivity contribution in [1.82, 2.24) is 5.32 Å². The van der Waals surface area contributed by atoms with E-state index >= 15 is 0 Å². The van der Waals surface area contributed by atoms with Crippen molar-refractivity contribution in [2.24, 2.45) is 0 Å². The van der Waals surface area contributed by atoms with Crippen LogP contribution in [0.15, 0.2) is 21.2 Å². The first-order valence-corrected chi connectivity index (χ1v) is 7.31. The van der Waals surface area contributed by atoms with E-state index in [-0.39, 0.29) is 6.04 Å². The van der Waals surface area contributed by atoms with Gasteiger partial charge in [0, 0.05) is 6.04 Å². The van der Waals surface area contributed by atoms with Gasteiger partial charge in [-0.25, -0.2) is 0 Å². The smallest absolute Gasteiger partial charge is 0.134 e. The second-order valence-electron chi connectivity index (χ2n) is 3.70. The van der Waals surface area contributed by atoms with Crippen LogP contribution >= 0.6 is 27.7 Å². The van der Waals surface area contributed by atoms with Crippen LogP contribution in [0.1, 0.15) is 32.1 Å². The van der Waals surface area contributed by atoms with Gasteiger partial charge in [-0.05, 0) is 54.3 Å². The second kappa shape index (κ2) is 6.61. The number of furan rings is 1. The van der Waals surface area contributed by atoms with Crippen molar-refractivity contribution >= 4 is 27.7 Å². The first kappa shape index (κ1) is 13.1. The van der Waals surface area contributed by atoms with Crippen LogP contribution in [0.25, 0.3) is 0 Å². The van der Waals surface area contributed by atoms with E-state index in [0.717, 1.165) is 10.2 Å². The summed E-state index contributed by atoms with van der Waals surface area (Å²) in [6.07, 6.45) is 5.03. The number of rotatable bonds is 6. The van der Waals surface area contributed by atoms with Gasteiger partial charge < -0.3 is 9.73 Å². The summed E-state index contributed by atoms with van der Waals surface area (Å²) in [5.41, 5.74) is 0. The highest BCUT2D eigenvalue weighted by atomic mass is 79.9. The van der Waals surface area contributed by atoms with Gasteiger partial charge in [-0.1, -0.05) is 0 Å². The first-order chi connectivity index (χ1) is 7.15. The van der Waals surface area contributed by atoms with E-state index in [1.807, 2.05) is 17.8 Å². The van der Waals surface area contributed by atoms with E-state index in [0.29, 0.717) is 6.04 Å². The van der Waals surface area contributed by atoms with E-state index in [4.69, 9.17) is 4.42 Å². The molecule has 15 heavy (non-hydrogen) atoms. The molecule has 0 saturated heterocycles. The Bertz CT molecular complexity index is 290. The molecule has 1 heterocycles. The molecule has 4 heteroatoms. The molecule has 1 aromatic rings. The van der Waals surface area contributed by atoms with E-state index in [1.54, 1.807) is 6.26 Å². The number of hydrogen-bond donors (Lipinski definition) is 1. The van der Waals surface area contributed by atoms with Crippen molar-refractivity contribution in [1.29, 1.82) is 0 Å². The van der Waals surface area contributed by atoms with Gasteiger partial charge in [0.05, 0.1) is 16.8 Å². The highest BCUT2D eigenvalue weighted by molar-refractivity contribution is 9.10. The second-order valence-corrected chi connectivity index (χ2v) is 5.54. The Balaban J connectivity index is 2.42. The molecule has 2 nitrogen and oxygen atoms in total. The highest BCUT2D eigenvalue weighted by Gasteiger charge is 2.14. The Morgan fingerprint density at radius 1 is 1.53 bits per heavy atom. The maximum atomic E-state index is 5.42. The average Bonchev–Trinajstić information content (AvgIpc) is 2.61. The van der Waals surface area contributed by atoms with Gasteiger partial charge in [-0.15, -0.1) is 0 Å². The summed E-state index contributed by atoms with van der Waals surface area (Å²) in [6.45, 7) is 4.34. The van der Waals surface area contributed by atoms with Crippen LogP contribution < -0.4 is 5.32 Å². The van der Waals surface area contributed by atoms with Gasteiger partial charge in [-0.3, -0.25) is 0 Å². The minimum atomic E-state index is 0.256. The third-order valence-electron chi connectivity index (χ3n) is 2.33. The summed E-state index contributed by atoms with van der Waals surface area (Å²) in [7, 11) is 0. The summed E-state index contributed by atoms with van der Waals surface area (Å²) in [6, 6.07) is 2.70. The lowest BCUT2D eigenvalue weighted by molar-refractivity contribution is 0.393. The molecule has 0 amide bonds. The van der Waals surface area contributed by atoms with Crippen LogP contribution in [0.3, 0.4) is 0 Å². The number of hydrogen-bond acceptors (Lipinski definition) is 3. The van der Waals surface area contributed by atoms with Crippen LogP contribution in [0.2, 0.25) is 0 Å². The fraction of sp³-hybridized carbons (Fsp3) is 0.636. The molecule has 0 aliphatic carbocycles. The molecule has 1 aromatic heterocycles. The predicted octanol–water partition coefficient (Wildman–Crippen LogP) is 3.83. The van der Waals surface area contributed by atoms with Crippen molar-refractivity contribution in [3.05, 3.63) is 22.6 Å².